The van der Waals surface area contributed by atoms with E-state index in [4.69, 9.17) is 0 Å². The van der Waals surface area contributed by atoms with Gasteiger partial charge in [0, 0.05) is 6.42 Å². The van der Waals surface area contributed by atoms with Crippen molar-refractivity contribution in [3.8, 4) is 0 Å². The summed E-state index contributed by atoms with van der Waals surface area (Å²) in [5.74, 6) is 0. The number of hydrogen-bond donors (Lipinski definition) is 0. The maximum Gasteiger partial charge on any atom is 0.367 e. The lowest BCUT2D eigenvalue weighted by Crippen LogP contribution is -1.93. The molecular weight excluding hydrogens is 124 g/mol. The van der Waals surface area contributed by atoms with Crippen LogP contribution in [0.5, 0.6) is 0 Å². The lowest BCUT2D eigenvalue weighted by Gasteiger charge is -1.97. The highest BCUT2D eigenvalue weighted by atomic mass is 24.5. The Kier molecular flexibility index (Phi) is 6.87. The third kappa shape index (κ3) is 8.44. The Morgan fingerprint density at radius 2 is 2.22 bits per heavy atom. The summed E-state index contributed by atoms with van der Waals surface area (Å²) >= 11 is 0.167. The molecule has 0 heterocycles. The topological polar surface area (TPSA) is 17.1 Å². The van der Waals surface area contributed by atoms with Crippen LogP contribution in [0, 0.1) is 0 Å². The highest BCUT2D eigenvalue weighted by molar-refractivity contribution is 6.37. The summed E-state index contributed by atoms with van der Waals surface area (Å²) in [5.41, 5.74) is 0. The Morgan fingerprint density at radius 3 is 2.67 bits per heavy atom. The van der Waals surface area contributed by atoms with Gasteiger partial charge in [0.05, 0.1) is 0 Å². The van der Waals surface area contributed by atoms with Gasteiger partial charge < -0.3 is 4.79 Å². The average Bonchev–Trinajstić information content (AvgIpc) is 1.80. The summed E-state index contributed by atoms with van der Waals surface area (Å²) in [6.07, 6.45) is 2.93. The number of aldehydes is 1. The van der Waals surface area contributed by atoms with Crippen molar-refractivity contribution in [3.63, 3.8) is 0 Å². The second-order valence-corrected chi connectivity index (χ2v) is 5.76. The lowest BCUT2D eigenvalue weighted by atomic mass is 10.4. The van der Waals surface area contributed by atoms with Crippen LogP contribution in [-0.4, -0.2) is 26.7 Å². The molecule has 50 valence electrons. The number of hydrogen-bond acceptors (Lipinski definition) is 1. The largest absolute Gasteiger partial charge is 0.367 e. The molecule has 1 nitrogen and oxygen atoms in total. The summed E-state index contributed by atoms with van der Waals surface area (Å²) in [5, 5.41) is 0. The van der Waals surface area contributed by atoms with Gasteiger partial charge in [-0.25, -0.2) is 0 Å². The SMILES string of the molecule is C[CH](C)[Mg][CH2]CCC=O. The van der Waals surface area contributed by atoms with Crippen molar-refractivity contribution in [1.82, 2.24) is 0 Å². The van der Waals surface area contributed by atoms with Crippen molar-refractivity contribution in [2.45, 2.75) is 35.3 Å². The monoisotopic (exact) mass is 138 g/mol. The van der Waals surface area contributed by atoms with Crippen LogP contribution in [0.3, 0.4) is 0 Å². The van der Waals surface area contributed by atoms with E-state index >= 15 is 0 Å². The van der Waals surface area contributed by atoms with Gasteiger partial charge in [-0.15, -0.1) is 8.60 Å². The van der Waals surface area contributed by atoms with Crippen molar-refractivity contribution in [3.05, 3.63) is 0 Å². The number of carbonyl (C=O) groups is 1. The van der Waals surface area contributed by atoms with Crippen LogP contribution in [-0.2, 0) is 4.79 Å². The quantitative estimate of drug-likeness (QED) is 0.322. The molecular formula is C7H14MgO. The van der Waals surface area contributed by atoms with E-state index in [2.05, 4.69) is 13.8 Å². The molecule has 0 aromatic heterocycles. The van der Waals surface area contributed by atoms with E-state index in [1.54, 1.807) is 0 Å². The molecule has 0 spiro atoms. The predicted molar refractivity (Wildman–Crippen MR) is 41.0 cm³/mol. The van der Waals surface area contributed by atoms with Gasteiger partial charge in [0.15, 0.2) is 0 Å². The van der Waals surface area contributed by atoms with E-state index in [0.29, 0.717) is 0 Å². The first-order valence-corrected chi connectivity index (χ1v) is 5.52. The van der Waals surface area contributed by atoms with E-state index in [0.717, 1.165) is 23.2 Å². The third-order valence-electron chi connectivity index (χ3n) is 1.35. The molecule has 0 N–H and O–H groups in total. The molecule has 0 unspecified atom stereocenters. The van der Waals surface area contributed by atoms with Gasteiger partial charge >= 0.3 is 20.4 Å². The minimum Gasteiger partial charge on any atom is -0.303 e. The van der Waals surface area contributed by atoms with Crippen LogP contribution >= 0.6 is 0 Å². The van der Waals surface area contributed by atoms with Crippen LogP contribution in [0.1, 0.15) is 26.7 Å². The highest BCUT2D eigenvalue weighted by Gasteiger charge is 1.98. The van der Waals surface area contributed by atoms with Crippen molar-refractivity contribution in [2.24, 2.45) is 0 Å². The van der Waals surface area contributed by atoms with Crippen molar-refractivity contribution < 1.29 is 4.79 Å². The summed E-state index contributed by atoms with van der Waals surface area (Å²) in [7, 11) is 0. The Bertz CT molecular complexity index is 71.3. The number of unbranched alkanes of at least 4 members (excludes halogenated alkanes) is 1. The molecule has 0 aliphatic carbocycles. The van der Waals surface area contributed by atoms with Crippen LogP contribution in [0.15, 0.2) is 0 Å². The first-order valence-electron chi connectivity index (χ1n) is 3.71. The van der Waals surface area contributed by atoms with Gasteiger partial charge in [0.2, 0.25) is 0 Å². The Labute approximate surface area is 66.9 Å². The zero-order chi connectivity index (χ0) is 7.11. The van der Waals surface area contributed by atoms with E-state index in [1.807, 2.05) is 0 Å². The second kappa shape index (κ2) is 6.55. The molecule has 0 aromatic carbocycles. The van der Waals surface area contributed by atoms with Crippen molar-refractivity contribution >= 4 is 26.7 Å². The van der Waals surface area contributed by atoms with Gasteiger partial charge in [-0.3, -0.25) is 0 Å². The standard InChI is InChI=1S/C4H7O.C3H7.Mg/c1-2-3-4-5;1-3-2;/h4H,1-3H2;3H,1-2H3;. The fraction of sp³-hybridized carbons (Fsp3) is 0.857. The van der Waals surface area contributed by atoms with Crippen LogP contribution < -0.4 is 0 Å². The predicted octanol–water partition coefficient (Wildman–Crippen LogP) is 1.92. The lowest BCUT2D eigenvalue weighted by molar-refractivity contribution is -0.107. The average molecular weight is 138 g/mol. The fourth-order valence-electron chi connectivity index (χ4n) is 0.780. The van der Waals surface area contributed by atoms with Crippen LogP contribution in [0.4, 0.5) is 0 Å². The molecule has 0 saturated carbocycles. The molecule has 0 aliphatic rings. The van der Waals surface area contributed by atoms with Gasteiger partial charge in [-0.1, -0.05) is 20.3 Å². The molecule has 0 fully saturated rings. The minimum atomic E-state index is 0.167. The molecule has 0 aliphatic heterocycles. The summed E-state index contributed by atoms with van der Waals surface area (Å²) in [6.45, 7) is 4.54. The molecule has 0 bridgehead atoms. The maximum absolute atomic E-state index is 9.86. The highest BCUT2D eigenvalue weighted by Crippen LogP contribution is 2.03. The van der Waals surface area contributed by atoms with Crippen LogP contribution in [0.2, 0.25) is 8.60 Å². The molecule has 0 saturated heterocycles. The van der Waals surface area contributed by atoms with Crippen molar-refractivity contribution in [1.29, 1.82) is 0 Å². The maximum atomic E-state index is 9.86. The van der Waals surface area contributed by atoms with E-state index in [1.165, 1.54) is 4.55 Å². The number of carbonyl (C=O) groups excluding carboxylic acids is 1. The first-order chi connectivity index (χ1) is 4.27. The summed E-state index contributed by atoms with van der Waals surface area (Å²) < 4.78 is 2.27. The van der Waals surface area contributed by atoms with Crippen LogP contribution in [0.25, 0.3) is 0 Å². The molecule has 0 radical (unpaired) electrons. The van der Waals surface area contributed by atoms with Gasteiger partial charge in [-0.05, 0) is 0 Å². The van der Waals surface area contributed by atoms with E-state index < -0.39 is 0 Å². The Morgan fingerprint density at radius 1 is 1.56 bits per heavy atom. The molecule has 2 heteroatoms. The zero-order valence-electron chi connectivity index (χ0n) is 6.39. The summed E-state index contributed by atoms with van der Waals surface area (Å²) in [6, 6.07) is 0. The molecule has 0 rings (SSSR count). The molecule has 9 heavy (non-hydrogen) atoms. The first kappa shape index (κ1) is 9.44. The van der Waals surface area contributed by atoms with Gasteiger partial charge in [0.25, 0.3) is 0 Å². The molecule has 0 aromatic rings. The minimum absolute atomic E-state index is 0.167. The van der Waals surface area contributed by atoms with Gasteiger partial charge in [0.1, 0.15) is 6.29 Å². The zero-order valence-corrected chi connectivity index (χ0v) is 7.81. The Hall–Kier alpha value is 0.436. The normalized spacial score (nSPS) is 9.22. The molecule has 0 amide bonds. The van der Waals surface area contributed by atoms with E-state index in [-0.39, 0.29) is 20.4 Å². The second-order valence-electron chi connectivity index (χ2n) is 2.84. The van der Waals surface area contributed by atoms with Crippen molar-refractivity contribution in [2.75, 3.05) is 0 Å². The van der Waals surface area contributed by atoms with Gasteiger partial charge in [-0.2, -0.15) is 0 Å². The summed E-state index contributed by atoms with van der Waals surface area (Å²) in [4.78, 5) is 9.86. The van der Waals surface area contributed by atoms with E-state index in [9.17, 15) is 4.79 Å². The Balaban J connectivity index is 2.82. The molecule has 0 atom stereocenters. The fourth-order valence-corrected chi connectivity index (χ4v) is 2.17. The smallest absolute Gasteiger partial charge is 0.303 e. The third-order valence-corrected chi connectivity index (χ3v) is 3.42. The number of rotatable bonds is 5.